The first-order valence-electron chi connectivity index (χ1n) is 23.3. The van der Waals surface area contributed by atoms with Crippen molar-refractivity contribution in [1.82, 2.24) is 31.1 Å². The number of fused-ring (bicyclic) bond motifs is 1. The molecule has 0 spiro atoms. The van der Waals surface area contributed by atoms with Gasteiger partial charge in [0.1, 0.15) is 12.1 Å². The van der Waals surface area contributed by atoms with Crippen molar-refractivity contribution in [3.05, 3.63) is 84.4 Å². The molecule has 2 aromatic carbocycles. The third-order valence-corrected chi connectivity index (χ3v) is 15.6. The van der Waals surface area contributed by atoms with E-state index in [1.807, 2.05) is 60.7 Å². The number of benzene rings is 2. The summed E-state index contributed by atoms with van der Waals surface area (Å²) >= 11 is 0. The van der Waals surface area contributed by atoms with Crippen LogP contribution in [0.15, 0.2) is 73.3 Å². The van der Waals surface area contributed by atoms with Gasteiger partial charge in [0, 0.05) is 25.2 Å². The minimum atomic E-state index is -1.20. The Morgan fingerprint density at radius 1 is 0.823 bits per heavy atom. The Morgan fingerprint density at radius 2 is 1.40 bits per heavy atom. The number of piperidine rings is 1. The van der Waals surface area contributed by atoms with Crippen LogP contribution in [0, 0.1) is 40.9 Å². The number of ketones is 1. The maximum Gasteiger partial charge on any atom is 0.315 e. The SMILES string of the molecule is C=CCC[C@@H](NC(=O)[C@@H]1[C@@H]2C(CN1C(=O)[C@@H](NC(=O)NC13CC4CC(CC(C4)C1)C3)C1CCCCC1)C2(C)C)C(=O)C(=O)NCC(=O)N(Cc1ccccc1)Cc1ccccc1. The van der Waals surface area contributed by atoms with E-state index in [9.17, 15) is 28.8 Å². The maximum atomic E-state index is 14.9. The van der Waals surface area contributed by atoms with E-state index in [0.717, 1.165) is 62.5 Å². The molecule has 1 aliphatic heterocycles. The van der Waals surface area contributed by atoms with E-state index in [2.05, 4.69) is 41.7 Å². The van der Waals surface area contributed by atoms with Crippen molar-refractivity contribution in [1.29, 1.82) is 0 Å². The number of carbonyl (C=O) groups excluding carboxylic acids is 6. The van der Waals surface area contributed by atoms with Crippen LogP contribution in [0.4, 0.5) is 4.79 Å². The Labute approximate surface area is 366 Å². The fraction of sp³-hybridized carbons (Fsp3) is 0.600. The second kappa shape index (κ2) is 18.4. The molecule has 2 aromatic rings. The van der Waals surface area contributed by atoms with Crippen molar-refractivity contribution in [3.8, 4) is 0 Å². The van der Waals surface area contributed by atoms with Crippen LogP contribution in [0.2, 0.25) is 0 Å². The van der Waals surface area contributed by atoms with E-state index in [-0.39, 0.29) is 53.0 Å². The van der Waals surface area contributed by atoms with Gasteiger partial charge in [-0.1, -0.05) is 99.8 Å². The summed E-state index contributed by atoms with van der Waals surface area (Å²) < 4.78 is 0. The number of amides is 6. The van der Waals surface area contributed by atoms with E-state index in [1.165, 1.54) is 19.3 Å². The van der Waals surface area contributed by atoms with E-state index in [0.29, 0.717) is 43.8 Å². The standard InChI is InChI=1S/C50H66N6O6/c1-4-5-21-39(44(58)46(60)51-28-40(57)55(29-32-15-9-6-10-16-32)30-33-17-11-7-12-18-33)52-45(59)43-41-38(49(41,2)3)31-56(43)47(61)42(37-19-13-8-14-20-37)53-48(62)54-50-25-34-22-35(26-50)24-36(23-34)27-50/h4,6-7,9-12,15-18,34-39,41-43H,1,5,8,13-14,19-31H2,2-3H3,(H,51,60)(H,52,59)(H2,53,54,62)/t34?,35?,36?,38?,39-,41+,42+,43+,50?/m1/s1. The first-order valence-corrected chi connectivity index (χ1v) is 23.3. The third-order valence-electron chi connectivity index (χ3n) is 15.6. The molecular weight excluding hydrogens is 781 g/mol. The average Bonchev–Trinajstić information content (AvgIpc) is 3.54. The van der Waals surface area contributed by atoms with Crippen molar-refractivity contribution in [2.24, 2.45) is 40.9 Å². The molecule has 6 saturated carbocycles. The Kier molecular flexibility index (Phi) is 12.9. The summed E-state index contributed by atoms with van der Waals surface area (Å²) in [5, 5.41) is 12.0. The summed E-state index contributed by atoms with van der Waals surface area (Å²) in [7, 11) is 0. The largest absolute Gasteiger partial charge is 0.344 e. The predicted molar refractivity (Wildman–Crippen MR) is 236 cm³/mol. The number of urea groups is 1. The number of hydrogen-bond donors (Lipinski definition) is 4. The molecule has 6 aliphatic carbocycles. The van der Waals surface area contributed by atoms with Crippen LogP contribution in [-0.4, -0.2) is 82.0 Å². The summed E-state index contributed by atoms with van der Waals surface area (Å²) in [4.78, 5) is 87.7. The molecule has 4 N–H and O–H groups in total. The maximum absolute atomic E-state index is 14.9. The molecule has 0 aromatic heterocycles. The zero-order chi connectivity index (χ0) is 43.6. The average molecular weight is 847 g/mol. The number of allylic oxidation sites excluding steroid dienone is 1. The Morgan fingerprint density at radius 3 is 1.97 bits per heavy atom. The molecule has 1 unspecified atom stereocenters. The van der Waals surface area contributed by atoms with Crippen LogP contribution in [0.1, 0.15) is 108 Å². The van der Waals surface area contributed by atoms with Crippen molar-refractivity contribution in [2.45, 2.75) is 134 Å². The monoisotopic (exact) mass is 847 g/mol. The van der Waals surface area contributed by atoms with Crippen molar-refractivity contribution >= 4 is 35.4 Å². The molecule has 9 rings (SSSR count). The normalized spacial score (nSPS) is 28.8. The molecule has 1 heterocycles. The number of nitrogens with one attached hydrogen (secondary N) is 4. The number of rotatable bonds is 17. The molecule has 62 heavy (non-hydrogen) atoms. The van der Waals surface area contributed by atoms with Gasteiger partial charge in [-0.3, -0.25) is 24.0 Å². The smallest absolute Gasteiger partial charge is 0.315 e. The minimum absolute atomic E-state index is 0.0448. The number of carbonyl (C=O) groups is 6. The van der Waals surface area contributed by atoms with Crippen LogP contribution in [0.25, 0.3) is 0 Å². The third kappa shape index (κ3) is 9.49. The van der Waals surface area contributed by atoms with E-state index >= 15 is 0 Å². The van der Waals surface area contributed by atoms with Gasteiger partial charge in [-0.25, -0.2) is 4.79 Å². The van der Waals surface area contributed by atoms with Gasteiger partial charge in [0.05, 0.1) is 12.6 Å². The van der Waals surface area contributed by atoms with Crippen LogP contribution in [-0.2, 0) is 37.1 Å². The highest BCUT2D eigenvalue weighted by atomic mass is 16.2. The molecular formula is C50H66N6O6. The number of hydrogen-bond acceptors (Lipinski definition) is 6. The molecule has 1 saturated heterocycles. The zero-order valence-corrected chi connectivity index (χ0v) is 36.6. The van der Waals surface area contributed by atoms with Crippen LogP contribution < -0.4 is 21.3 Å². The molecule has 4 bridgehead atoms. The van der Waals surface area contributed by atoms with Gasteiger partial charge in [-0.05, 0) is 116 Å². The van der Waals surface area contributed by atoms with Gasteiger partial charge >= 0.3 is 6.03 Å². The summed E-state index contributed by atoms with van der Waals surface area (Å²) in [6.07, 6.45) is 13.6. The van der Waals surface area contributed by atoms with Gasteiger partial charge in [0.15, 0.2) is 0 Å². The lowest BCUT2D eigenvalue weighted by Gasteiger charge is -2.56. The molecule has 12 heteroatoms. The predicted octanol–water partition coefficient (Wildman–Crippen LogP) is 6.05. The quantitative estimate of drug-likeness (QED) is 0.112. The Hall–Kier alpha value is -5.00. The number of nitrogens with zero attached hydrogens (tertiary/aromatic N) is 2. The Bertz CT molecular complexity index is 1920. The van der Waals surface area contributed by atoms with Gasteiger partial charge < -0.3 is 31.1 Å². The summed E-state index contributed by atoms with van der Waals surface area (Å²) in [5.41, 5.74) is 1.44. The van der Waals surface area contributed by atoms with Gasteiger partial charge in [-0.2, -0.15) is 0 Å². The second-order valence-corrected chi connectivity index (χ2v) is 20.3. The summed E-state index contributed by atoms with van der Waals surface area (Å²) in [5.74, 6) is -1.05. The van der Waals surface area contributed by atoms with Crippen molar-refractivity contribution in [2.75, 3.05) is 13.1 Å². The van der Waals surface area contributed by atoms with E-state index in [1.54, 1.807) is 15.9 Å². The number of likely N-dealkylation sites (tertiary alicyclic amines) is 1. The summed E-state index contributed by atoms with van der Waals surface area (Å²) in [6, 6.07) is 16.0. The van der Waals surface area contributed by atoms with E-state index < -0.39 is 42.3 Å². The summed E-state index contributed by atoms with van der Waals surface area (Å²) in [6.45, 7) is 8.60. The molecule has 7 aliphatic rings. The topological polar surface area (TPSA) is 157 Å². The fourth-order valence-electron chi connectivity index (χ4n) is 12.7. The lowest BCUT2D eigenvalue weighted by molar-refractivity contribution is -0.145. The molecule has 6 amide bonds. The molecule has 0 radical (unpaired) electrons. The highest BCUT2D eigenvalue weighted by Crippen LogP contribution is 2.65. The first kappa shape index (κ1) is 43.6. The highest BCUT2D eigenvalue weighted by molar-refractivity contribution is 6.38. The van der Waals surface area contributed by atoms with Gasteiger partial charge in [0.2, 0.25) is 23.5 Å². The lowest BCUT2D eigenvalue weighted by atomic mass is 9.53. The van der Waals surface area contributed by atoms with Gasteiger partial charge in [0.25, 0.3) is 5.91 Å². The lowest BCUT2D eigenvalue weighted by Crippen LogP contribution is -2.64. The zero-order valence-electron chi connectivity index (χ0n) is 36.6. The fourth-order valence-corrected chi connectivity index (χ4v) is 12.7. The van der Waals surface area contributed by atoms with Crippen molar-refractivity contribution in [3.63, 3.8) is 0 Å². The number of Topliss-reactive ketones (excluding diaryl/α,β-unsaturated/α-hetero) is 1. The molecule has 332 valence electrons. The van der Waals surface area contributed by atoms with Crippen LogP contribution in [0.5, 0.6) is 0 Å². The highest BCUT2D eigenvalue weighted by Gasteiger charge is 2.70. The van der Waals surface area contributed by atoms with Crippen LogP contribution >= 0.6 is 0 Å². The Balaban J connectivity index is 0.943. The van der Waals surface area contributed by atoms with E-state index in [4.69, 9.17) is 0 Å². The van der Waals surface area contributed by atoms with Gasteiger partial charge in [-0.15, -0.1) is 6.58 Å². The minimum Gasteiger partial charge on any atom is -0.344 e. The molecule has 5 atom stereocenters. The molecule has 7 fully saturated rings. The van der Waals surface area contributed by atoms with Crippen LogP contribution in [0.3, 0.4) is 0 Å². The molecule has 12 nitrogen and oxygen atoms in total. The second-order valence-electron chi connectivity index (χ2n) is 20.3. The van der Waals surface area contributed by atoms with Crippen molar-refractivity contribution < 1.29 is 28.8 Å². The first-order chi connectivity index (χ1) is 29.8.